The predicted molar refractivity (Wildman–Crippen MR) is 116 cm³/mol. The second-order valence-electron chi connectivity index (χ2n) is 7.77. The number of aliphatic carboxylic acids is 1. The van der Waals surface area contributed by atoms with Gasteiger partial charge in [-0.25, -0.2) is 4.79 Å². The van der Waals surface area contributed by atoms with Crippen LogP contribution in [0, 0.1) is 0 Å². The van der Waals surface area contributed by atoms with Crippen LogP contribution in [0.15, 0.2) is 84.9 Å². The number of rotatable bonds is 9. The van der Waals surface area contributed by atoms with E-state index in [1.54, 1.807) is 0 Å². The Morgan fingerprint density at radius 2 is 1.45 bits per heavy atom. The van der Waals surface area contributed by atoms with Crippen LogP contribution in [-0.2, 0) is 17.6 Å². The quantitative estimate of drug-likeness (QED) is 0.528. The summed E-state index contributed by atoms with van der Waals surface area (Å²) in [7, 11) is 0. The van der Waals surface area contributed by atoms with Gasteiger partial charge in [-0.05, 0) is 49.2 Å². The van der Waals surface area contributed by atoms with E-state index >= 15 is 0 Å². The van der Waals surface area contributed by atoms with Gasteiger partial charge in [-0.15, -0.1) is 0 Å². The fourth-order valence-corrected chi connectivity index (χ4v) is 3.31. The zero-order valence-electron chi connectivity index (χ0n) is 16.8. The Morgan fingerprint density at radius 1 is 0.897 bits per heavy atom. The molecule has 0 heterocycles. The molecule has 2 N–H and O–H groups in total. The molecule has 29 heavy (non-hydrogen) atoms. The van der Waals surface area contributed by atoms with Crippen molar-refractivity contribution in [1.82, 2.24) is 0 Å². The number of carboxylic acid groups (broad SMARTS) is 1. The number of anilines is 1. The van der Waals surface area contributed by atoms with E-state index in [0.717, 1.165) is 23.4 Å². The van der Waals surface area contributed by atoms with Crippen LogP contribution in [-0.4, -0.2) is 22.7 Å². The highest BCUT2D eigenvalue weighted by atomic mass is 16.5. The first-order chi connectivity index (χ1) is 13.9. The van der Waals surface area contributed by atoms with Gasteiger partial charge >= 0.3 is 5.97 Å². The number of hydrogen-bond acceptors (Lipinski definition) is 3. The number of carbonyl (C=O) groups is 1. The summed E-state index contributed by atoms with van der Waals surface area (Å²) in [5, 5.41) is 12.7. The lowest BCUT2D eigenvalue weighted by molar-refractivity contribution is -0.137. The van der Waals surface area contributed by atoms with Crippen LogP contribution < -0.4 is 10.1 Å². The fourth-order valence-electron chi connectivity index (χ4n) is 3.31. The molecule has 0 fully saturated rings. The van der Waals surface area contributed by atoms with Crippen molar-refractivity contribution in [2.24, 2.45) is 0 Å². The van der Waals surface area contributed by atoms with Gasteiger partial charge in [-0.2, -0.15) is 0 Å². The Labute approximate surface area is 172 Å². The number of carboxylic acids is 1. The van der Waals surface area contributed by atoms with Crippen molar-refractivity contribution in [2.45, 2.75) is 38.3 Å². The van der Waals surface area contributed by atoms with Crippen LogP contribution in [0.4, 0.5) is 5.69 Å². The zero-order chi connectivity index (χ0) is 20.7. The molecule has 4 nitrogen and oxygen atoms in total. The highest BCUT2D eigenvalue weighted by Gasteiger charge is 2.21. The van der Waals surface area contributed by atoms with Crippen LogP contribution >= 0.6 is 0 Å². The minimum atomic E-state index is -0.877. The Bertz CT molecular complexity index is 906. The van der Waals surface area contributed by atoms with Crippen molar-refractivity contribution in [2.75, 3.05) is 5.32 Å². The van der Waals surface area contributed by atoms with Crippen LogP contribution in [0.5, 0.6) is 5.75 Å². The molecule has 0 aliphatic heterocycles. The molecule has 0 aliphatic carbocycles. The summed E-state index contributed by atoms with van der Waals surface area (Å²) in [6.45, 7) is 4.12. The fraction of sp³-hybridized carbons (Fsp3) is 0.240. The van der Waals surface area contributed by atoms with Gasteiger partial charge in [0.25, 0.3) is 0 Å². The van der Waals surface area contributed by atoms with Crippen molar-refractivity contribution >= 4 is 11.7 Å². The summed E-state index contributed by atoms with van der Waals surface area (Å²) in [6.07, 6.45) is 1.21. The van der Waals surface area contributed by atoms with Gasteiger partial charge in [0.15, 0.2) is 0 Å². The summed E-state index contributed by atoms with van der Waals surface area (Å²) in [6, 6.07) is 26.6. The Kier molecular flexibility index (Phi) is 6.55. The highest BCUT2D eigenvalue weighted by Crippen LogP contribution is 2.24. The maximum atomic E-state index is 11.6. The molecule has 0 aromatic heterocycles. The van der Waals surface area contributed by atoms with E-state index in [1.165, 1.54) is 5.56 Å². The van der Waals surface area contributed by atoms with Gasteiger partial charge in [-0.3, -0.25) is 0 Å². The molecular weight excluding hydrogens is 362 g/mol. The summed E-state index contributed by atoms with van der Waals surface area (Å²) in [4.78, 5) is 11.6. The second kappa shape index (κ2) is 9.28. The second-order valence-corrected chi connectivity index (χ2v) is 7.77. The third kappa shape index (κ3) is 6.39. The Morgan fingerprint density at radius 3 is 2.00 bits per heavy atom. The minimum Gasteiger partial charge on any atom is -0.488 e. The van der Waals surface area contributed by atoms with Crippen molar-refractivity contribution in [3.63, 3.8) is 0 Å². The minimum absolute atomic E-state index is 0.354. The van der Waals surface area contributed by atoms with Crippen LogP contribution in [0.1, 0.15) is 25.0 Å². The first kappa shape index (κ1) is 20.5. The average Bonchev–Trinajstić information content (AvgIpc) is 2.70. The van der Waals surface area contributed by atoms with Gasteiger partial charge < -0.3 is 15.2 Å². The average molecular weight is 389 g/mol. The van der Waals surface area contributed by atoms with Crippen molar-refractivity contribution in [3.8, 4) is 5.75 Å². The molecule has 0 saturated heterocycles. The lowest BCUT2D eigenvalue weighted by atomic mass is 9.98. The van der Waals surface area contributed by atoms with Gasteiger partial charge in [0, 0.05) is 18.5 Å². The molecule has 4 heteroatoms. The first-order valence-electron chi connectivity index (χ1n) is 9.77. The molecule has 0 aliphatic rings. The first-order valence-corrected chi connectivity index (χ1v) is 9.77. The normalized spacial score (nSPS) is 12.2. The molecule has 0 saturated carbocycles. The molecule has 3 aromatic rings. The third-order valence-corrected chi connectivity index (χ3v) is 4.64. The van der Waals surface area contributed by atoms with Crippen molar-refractivity contribution in [1.29, 1.82) is 0 Å². The van der Waals surface area contributed by atoms with E-state index in [9.17, 15) is 9.90 Å². The molecule has 1 atom stereocenters. The highest BCUT2D eigenvalue weighted by molar-refractivity contribution is 5.77. The number of hydrogen-bond donors (Lipinski definition) is 2. The lowest BCUT2D eigenvalue weighted by Gasteiger charge is -2.27. The topological polar surface area (TPSA) is 58.6 Å². The summed E-state index contributed by atoms with van der Waals surface area (Å²) in [5.41, 5.74) is 2.60. The van der Waals surface area contributed by atoms with E-state index in [1.807, 2.05) is 72.8 Å². The van der Waals surface area contributed by atoms with E-state index in [2.05, 4.69) is 31.3 Å². The standard InChI is InChI=1S/C25H27NO3/c1-25(2,18-20-11-7-4-8-12-20)29-22-15-13-21(14-16-22)26-23(24(27)28)17-19-9-5-3-6-10-19/h3-16,23,26H,17-18H2,1-2H3,(H,27,28)/t23-/m0/s1. The smallest absolute Gasteiger partial charge is 0.326 e. The Balaban J connectivity index is 1.62. The number of nitrogens with one attached hydrogen (secondary N) is 1. The van der Waals surface area contributed by atoms with E-state index in [4.69, 9.17) is 4.74 Å². The van der Waals surface area contributed by atoms with Gasteiger partial charge in [0.05, 0.1) is 0 Å². The molecule has 0 amide bonds. The number of ether oxygens (including phenoxy) is 1. The maximum absolute atomic E-state index is 11.6. The van der Waals surface area contributed by atoms with E-state index in [-0.39, 0.29) is 5.60 Å². The van der Waals surface area contributed by atoms with Crippen molar-refractivity contribution < 1.29 is 14.6 Å². The Hall–Kier alpha value is -3.27. The van der Waals surface area contributed by atoms with Crippen LogP contribution in [0.3, 0.4) is 0 Å². The van der Waals surface area contributed by atoms with Gasteiger partial charge in [0.2, 0.25) is 0 Å². The molecule has 0 radical (unpaired) electrons. The largest absolute Gasteiger partial charge is 0.488 e. The van der Waals surface area contributed by atoms with Gasteiger partial charge in [0.1, 0.15) is 17.4 Å². The molecule has 3 aromatic carbocycles. The van der Waals surface area contributed by atoms with E-state index < -0.39 is 12.0 Å². The molecule has 0 bridgehead atoms. The molecule has 0 unspecified atom stereocenters. The maximum Gasteiger partial charge on any atom is 0.326 e. The summed E-state index contributed by atoms with van der Waals surface area (Å²) < 4.78 is 6.16. The molecule has 0 spiro atoms. The molecule has 150 valence electrons. The summed E-state index contributed by atoms with van der Waals surface area (Å²) >= 11 is 0. The van der Waals surface area contributed by atoms with E-state index in [0.29, 0.717) is 6.42 Å². The number of benzene rings is 3. The van der Waals surface area contributed by atoms with Crippen LogP contribution in [0.25, 0.3) is 0 Å². The third-order valence-electron chi connectivity index (χ3n) is 4.64. The summed E-state index contributed by atoms with van der Waals surface area (Å²) in [5.74, 6) is -0.121. The molecule has 3 rings (SSSR count). The SMILES string of the molecule is CC(C)(Cc1ccccc1)Oc1ccc(N[C@@H](Cc2ccccc2)C(=O)O)cc1. The molecular formula is C25H27NO3. The zero-order valence-corrected chi connectivity index (χ0v) is 16.8. The predicted octanol–water partition coefficient (Wildman–Crippen LogP) is 5.19. The van der Waals surface area contributed by atoms with Gasteiger partial charge in [-0.1, -0.05) is 60.7 Å². The van der Waals surface area contributed by atoms with Crippen molar-refractivity contribution in [3.05, 3.63) is 96.1 Å². The lowest BCUT2D eigenvalue weighted by Crippen LogP contribution is -2.32. The monoisotopic (exact) mass is 389 g/mol. The van der Waals surface area contributed by atoms with Crippen LogP contribution in [0.2, 0.25) is 0 Å².